The molecule has 0 unspecified atom stereocenters. The van der Waals surface area contributed by atoms with Crippen molar-refractivity contribution in [3.63, 3.8) is 0 Å². The summed E-state index contributed by atoms with van der Waals surface area (Å²) in [4.78, 5) is 21.9. The number of rotatable bonds is 5. The highest BCUT2D eigenvalue weighted by Crippen LogP contribution is 2.45. The third-order valence-electron chi connectivity index (χ3n) is 7.02. The number of piperidine rings is 1. The molecule has 39 heavy (non-hydrogen) atoms. The average Bonchev–Trinajstić information content (AvgIpc) is 3.24. The van der Waals surface area contributed by atoms with E-state index < -0.39 is 21.0 Å². The number of nitriles is 1. The van der Waals surface area contributed by atoms with E-state index in [1.165, 1.54) is 18.2 Å². The molecule has 0 aliphatic carbocycles. The van der Waals surface area contributed by atoms with Gasteiger partial charge in [0.05, 0.1) is 22.7 Å². The van der Waals surface area contributed by atoms with Crippen molar-refractivity contribution in [1.29, 1.82) is 5.26 Å². The fourth-order valence-electron chi connectivity index (χ4n) is 5.26. The molecule has 2 aliphatic rings. The monoisotopic (exact) mass is 567 g/mol. The molecule has 5 rings (SSSR count). The van der Waals surface area contributed by atoms with Crippen LogP contribution in [0.1, 0.15) is 44.9 Å². The first-order valence-corrected chi connectivity index (χ1v) is 15.0. The van der Waals surface area contributed by atoms with Crippen LogP contribution in [0.3, 0.4) is 0 Å². The number of benzene rings is 2. The van der Waals surface area contributed by atoms with Gasteiger partial charge in [0.25, 0.3) is 10.0 Å². The zero-order chi connectivity index (χ0) is 28.2. The second kappa shape index (κ2) is 9.70. The summed E-state index contributed by atoms with van der Waals surface area (Å²) in [7, 11) is -3.76. The number of amides is 1. The predicted molar refractivity (Wildman–Crippen MR) is 150 cm³/mol. The van der Waals surface area contributed by atoms with Crippen LogP contribution >= 0.6 is 11.3 Å². The topological polar surface area (TPSA) is 106 Å². The summed E-state index contributed by atoms with van der Waals surface area (Å²) in [6.45, 7) is 8.57. The minimum Gasteiger partial charge on any atom is -0.369 e. The third-order valence-corrected chi connectivity index (χ3v) is 10.6. The van der Waals surface area contributed by atoms with Crippen molar-refractivity contribution in [2.24, 2.45) is 5.41 Å². The summed E-state index contributed by atoms with van der Waals surface area (Å²) in [6.07, 6.45) is 1.55. The first kappa shape index (κ1) is 27.2. The molecular formula is C28H30FN5O3S2. The Kier molecular flexibility index (Phi) is 6.77. The van der Waals surface area contributed by atoms with Gasteiger partial charge in [-0.25, -0.2) is 22.5 Å². The van der Waals surface area contributed by atoms with Crippen LogP contribution in [-0.2, 0) is 14.8 Å². The molecule has 1 aromatic heterocycles. The van der Waals surface area contributed by atoms with Gasteiger partial charge in [-0.15, -0.1) is 0 Å². The van der Waals surface area contributed by atoms with Crippen LogP contribution in [-0.4, -0.2) is 44.5 Å². The molecular weight excluding hydrogens is 537 g/mol. The number of hydrogen-bond acceptors (Lipinski definition) is 7. The Morgan fingerprint density at radius 1 is 1.15 bits per heavy atom. The molecule has 0 atom stereocenters. The van der Waals surface area contributed by atoms with Crippen molar-refractivity contribution < 1.29 is 17.6 Å². The minimum atomic E-state index is -3.76. The van der Waals surface area contributed by atoms with Crippen LogP contribution in [0.25, 0.3) is 11.1 Å². The number of sulfonamides is 1. The summed E-state index contributed by atoms with van der Waals surface area (Å²) < 4.78 is 43.0. The van der Waals surface area contributed by atoms with E-state index in [4.69, 9.17) is 5.26 Å². The van der Waals surface area contributed by atoms with Crippen LogP contribution in [0, 0.1) is 29.5 Å². The van der Waals surface area contributed by atoms with E-state index in [1.807, 2.05) is 30.3 Å². The summed E-state index contributed by atoms with van der Waals surface area (Å²) in [6, 6.07) is 13.8. The molecule has 1 N–H and O–H groups in total. The molecule has 3 heterocycles. The molecule has 2 aliphatic heterocycles. The van der Waals surface area contributed by atoms with E-state index in [2.05, 4.69) is 14.6 Å². The van der Waals surface area contributed by atoms with Gasteiger partial charge in [0.2, 0.25) is 5.91 Å². The number of hydrogen-bond donors (Lipinski definition) is 1. The first-order chi connectivity index (χ1) is 18.3. The highest BCUT2D eigenvalue weighted by molar-refractivity contribution is 7.91. The Balaban J connectivity index is 1.31. The summed E-state index contributed by atoms with van der Waals surface area (Å²) >= 11 is 1.03. The van der Waals surface area contributed by atoms with E-state index in [9.17, 15) is 17.6 Å². The Morgan fingerprint density at radius 2 is 1.85 bits per heavy atom. The Hall–Kier alpha value is -3.33. The number of anilines is 2. The van der Waals surface area contributed by atoms with Gasteiger partial charge in [0.1, 0.15) is 5.82 Å². The van der Waals surface area contributed by atoms with E-state index in [-0.39, 0.29) is 15.9 Å². The molecule has 2 aromatic carbocycles. The van der Waals surface area contributed by atoms with E-state index in [0.717, 1.165) is 29.9 Å². The van der Waals surface area contributed by atoms with Crippen molar-refractivity contribution in [2.45, 2.75) is 50.3 Å². The summed E-state index contributed by atoms with van der Waals surface area (Å²) in [5.74, 6) is -0.418. The third kappa shape index (κ3) is 5.16. The molecule has 204 valence electrons. The lowest BCUT2D eigenvalue weighted by atomic mass is 9.72. The maximum atomic E-state index is 14.3. The van der Waals surface area contributed by atoms with Gasteiger partial charge in [0, 0.05) is 36.4 Å². The normalized spacial score (nSPS) is 17.3. The molecule has 0 bridgehead atoms. The Labute approximate surface area is 232 Å². The number of aryl methyl sites for hydroxylation is 1. The quantitative estimate of drug-likeness (QED) is 0.473. The minimum absolute atomic E-state index is 0.0292. The zero-order valence-electron chi connectivity index (χ0n) is 22.3. The maximum Gasteiger partial charge on any atom is 0.252 e. The lowest BCUT2D eigenvalue weighted by Gasteiger charge is -2.53. The molecule has 0 saturated carbocycles. The summed E-state index contributed by atoms with van der Waals surface area (Å²) in [5.41, 5.74) is 1.57. The second-order valence-corrected chi connectivity index (χ2v) is 14.1. The lowest BCUT2D eigenvalue weighted by molar-refractivity contribution is -0.132. The number of aromatic nitrogens is 1. The summed E-state index contributed by atoms with van der Waals surface area (Å²) in [5, 5.41) is 9.55. The smallest absolute Gasteiger partial charge is 0.252 e. The maximum absolute atomic E-state index is 14.3. The van der Waals surface area contributed by atoms with E-state index >= 15 is 0 Å². The predicted octanol–water partition coefficient (Wildman–Crippen LogP) is 4.84. The van der Waals surface area contributed by atoms with Gasteiger partial charge in [-0.1, -0.05) is 23.5 Å². The number of thiazole rings is 1. The molecule has 2 saturated heterocycles. The lowest BCUT2D eigenvalue weighted by Crippen LogP contribution is -2.66. The van der Waals surface area contributed by atoms with Gasteiger partial charge >= 0.3 is 0 Å². The van der Waals surface area contributed by atoms with Crippen LogP contribution in [0.5, 0.6) is 0 Å². The standard InChI is InChI=1S/C28H30FN5O3S2/c1-18-24(39(36,37)32-27(2,3)4)38-26(31-18)34-13-5-12-28(25(34)35)16-33(17-28)21-9-7-20(8-10-21)22-14-19(15-30)6-11-23(22)29/h6-11,14,32H,5,12-13,16-17H2,1-4H3. The van der Waals surface area contributed by atoms with Crippen molar-refractivity contribution in [3.8, 4) is 17.2 Å². The molecule has 0 radical (unpaired) electrons. The fourth-order valence-corrected chi connectivity index (χ4v) is 8.21. The van der Waals surface area contributed by atoms with Crippen molar-refractivity contribution in [3.05, 3.63) is 59.5 Å². The average molecular weight is 568 g/mol. The number of carbonyl (C=O) groups is 1. The van der Waals surface area contributed by atoms with Gasteiger partial charge in [0.15, 0.2) is 9.34 Å². The molecule has 1 amide bonds. The Morgan fingerprint density at radius 3 is 2.49 bits per heavy atom. The van der Waals surface area contributed by atoms with Gasteiger partial charge in [-0.05, 0) is 76.4 Å². The van der Waals surface area contributed by atoms with Gasteiger partial charge < -0.3 is 4.90 Å². The van der Waals surface area contributed by atoms with Crippen molar-refractivity contribution >= 4 is 38.1 Å². The van der Waals surface area contributed by atoms with Crippen molar-refractivity contribution in [2.75, 3.05) is 29.4 Å². The molecule has 2 fully saturated rings. The highest BCUT2D eigenvalue weighted by Gasteiger charge is 2.53. The SMILES string of the molecule is Cc1nc(N2CCCC3(CN(c4ccc(-c5cc(C#N)ccc5F)cc4)C3)C2=O)sc1S(=O)(=O)NC(C)(C)C. The van der Waals surface area contributed by atoms with Gasteiger partial charge in [-0.3, -0.25) is 9.69 Å². The number of nitrogens with one attached hydrogen (secondary N) is 1. The fraction of sp³-hybridized carbons (Fsp3) is 0.393. The van der Waals surface area contributed by atoms with E-state index in [1.54, 1.807) is 32.6 Å². The molecule has 8 nitrogen and oxygen atoms in total. The largest absolute Gasteiger partial charge is 0.369 e. The Bertz CT molecular complexity index is 1580. The van der Waals surface area contributed by atoms with E-state index in [0.29, 0.717) is 47.2 Å². The van der Waals surface area contributed by atoms with Crippen molar-refractivity contribution in [1.82, 2.24) is 9.71 Å². The number of carbonyl (C=O) groups excluding carboxylic acids is 1. The van der Waals surface area contributed by atoms with Crippen LogP contribution in [0.2, 0.25) is 0 Å². The second-order valence-electron chi connectivity index (χ2n) is 11.3. The molecule has 1 spiro atoms. The molecule has 11 heteroatoms. The van der Waals surface area contributed by atoms with Crippen LogP contribution in [0.15, 0.2) is 46.7 Å². The number of nitrogens with zero attached hydrogens (tertiary/aromatic N) is 4. The van der Waals surface area contributed by atoms with Gasteiger partial charge in [-0.2, -0.15) is 5.26 Å². The van der Waals surface area contributed by atoms with Crippen LogP contribution in [0.4, 0.5) is 15.2 Å². The number of halogens is 1. The highest BCUT2D eigenvalue weighted by atomic mass is 32.2. The first-order valence-electron chi connectivity index (χ1n) is 12.7. The zero-order valence-corrected chi connectivity index (χ0v) is 23.9. The molecule has 3 aromatic rings. The van der Waals surface area contributed by atoms with Crippen LogP contribution < -0.4 is 14.5 Å².